The van der Waals surface area contributed by atoms with Crippen molar-refractivity contribution in [1.82, 2.24) is 19.9 Å². The summed E-state index contributed by atoms with van der Waals surface area (Å²) in [5, 5.41) is 17.2. The molecular weight excluding hydrogens is 881 g/mol. The third-order valence-electron chi connectivity index (χ3n) is 11.6. The van der Waals surface area contributed by atoms with E-state index in [0.717, 1.165) is 24.2 Å². The maximum Gasteiger partial charge on any atom is 0.414 e. The fourth-order valence-electron chi connectivity index (χ4n) is 8.15. The zero-order chi connectivity index (χ0) is 49.7. The highest BCUT2D eigenvalue weighted by molar-refractivity contribution is 6.27. The normalized spacial score (nSPS) is 15.1. The number of hydroxylamine groups is 4. The number of carboxylic acids is 2. The summed E-state index contributed by atoms with van der Waals surface area (Å²) >= 11 is 0. The minimum Gasteiger partial charge on any atom is -0.496 e. The van der Waals surface area contributed by atoms with Gasteiger partial charge in [0.25, 0.3) is 0 Å². The van der Waals surface area contributed by atoms with E-state index in [1.807, 2.05) is 84.9 Å². The van der Waals surface area contributed by atoms with Crippen LogP contribution < -0.4 is 9.47 Å². The van der Waals surface area contributed by atoms with E-state index in [4.69, 9.17) is 48.4 Å². The number of hydrogen-bond acceptors (Lipinski definition) is 14. The molecule has 366 valence electrons. The van der Waals surface area contributed by atoms with Gasteiger partial charge in [-0.1, -0.05) is 97.1 Å². The molecule has 0 atom stereocenters. The number of methoxy groups -OCH3 is 4. The van der Waals surface area contributed by atoms with Gasteiger partial charge in [-0.25, -0.2) is 29.3 Å². The molecule has 2 fully saturated rings. The average Bonchev–Trinajstić information content (AvgIpc) is 3.35. The van der Waals surface area contributed by atoms with Crippen LogP contribution in [0.3, 0.4) is 0 Å². The molecule has 0 spiro atoms. The number of esters is 2. The van der Waals surface area contributed by atoms with Gasteiger partial charge in [-0.05, 0) is 48.9 Å². The van der Waals surface area contributed by atoms with E-state index in [2.05, 4.69) is 34.1 Å². The molecule has 18 heteroatoms. The molecule has 2 aliphatic rings. The number of para-hydroxylation sites is 2. The fraction of sp³-hybridized carbons (Fsp3) is 0.400. The van der Waals surface area contributed by atoms with E-state index in [0.29, 0.717) is 63.4 Å². The van der Waals surface area contributed by atoms with Gasteiger partial charge in [0.05, 0.1) is 28.4 Å². The van der Waals surface area contributed by atoms with Crippen LogP contribution in [0.4, 0.5) is 0 Å². The lowest BCUT2D eigenvalue weighted by atomic mass is 9.86. The second-order valence-corrected chi connectivity index (χ2v) is 16.0. The summed E-state index contributed by atoms with van der Waals surface area (Å²) in [6, 6.07) is 35.2. The van der Waals surface area contributed by atoms with Crippen molar-refractivity contribution in [3.05, 3.63) is 131 Å². The van der Waals surface area contributed by atoms with E-state index in [-0.39, 0.29) is 25.0 Å². The Balaban J connectivity index is 0.000000265. The van der Waals surface area contributed by atoms with E-state index >= 15 is 0 Å². The lowest BCUT2D eigenvalue weighted by Gasteiger charge is -2.45. The summed E-state index contributed by atoms with van der Waals surface area (Å²) in [4.78, 5) is 85.5. The van der Waals surface area contributed by atoms with Crippen LogP contribution in [0.25, 0.3) is 0 Å². The Labute approximate surface area is 396 Å². The van der Waals surface area contributed by atoms with Crippen molar-refractivity contribution in [2.75, 3.05) is 54.6 Å². The summed E-state index contributed by atoms with van der Waals surface area (Å²) in [5.41, 5.74) is 1.69. The Hall–Kier alpha value is -6.86. The van der Waals surface area contributed by atoms with Gasteiger partial charge in [0.1, 0.15) is 24.7 Å². The number of likely N-dealkylation sites (tertiary alicyclic amines) is 2. The van der Waals surface area contributed by atoms with Gasteiger partial charge < -0.3 is 29.2 Å². The number of amides is 2. The first kappa shape index (κ1) is 53.8. The first-order valence-electron chi connectivity index (χ1n) is 21.9. The minimum absolute atomic E-state index is 0.107. The van der Waals surface area contributed by atoms with Gasteiger partial charge >= 0.3 is 23.9 Å². The molecule has 2 amide bonds. The molecule has 2 heterocycles. The molecule has 0 bridgehead atoms. The molecule has 0 unspecified atom stereocenters. The smallest absolute Gasteiger partial charge is 0.414 e. The van der Waals surface area contributed by atoms with Crippen LogP contribution in [0, 0.1) is 0 Å². The highest BCUT2D eigenvalue weighted by atomic mass is 16.7. The van der Waals surface area contributed by atoms with Crippen molar-refractivity contribution >= 4 is 35.7 Å². The average molecular weight is 943 g/mol. The summed E-state index contributed by atoms with van der Waals surface area (Å²) in [6.45, 7) is 7.19. The quantitative estimate of drug-likeness (QED) is 0.0804. The van der Waals surface area contributed by atoms with Crippen LogP contribution in [0.2, 0.25) is 0 Å². The SMILES string of the molecule is COC(=O)C1(N(OCc2ccccc2OC)C(C)=O)CCN(Cc2ccccc2)CC1.COC(=O)C1(N(OCc2ccccc2OC)C(C)=O)CCN(Cc2ccccc2)CC1.O=C(O)C(=O)O. The van der Waals surface area contributed by atoms with Gasteiger partial charge in [0.15, 0.2) is 11.1 Å². The predicted octanol–water partition coefficient (Wildman–Crippen LogP) is 5.52. The number of benzene rings is 4. The lowest BCUT2D eigenvalue weighted by molar-refractivity contribution is -0.240. The second-order valence-electron chi connectivity index (χ2n) is 16.0. The molecule has 18 nitrogen and oxygen atoms in total. The van der Waals surface area contributed by atoms with E-state index in [9.17, 15) is 19.2 Å². The first-order chi connectivity index (χ1) is 32.6. The Morgan fingerprint density at radius 3 is 1.09 bits per heavy atom. The molecule has 0 aromatic heterocycles. The molecule has 0 radical (unpaired) electrons. The van der Waals surface area contributed by atoms with Crippen molar-refractivity contribution in [3.8, 4) is 11.5 Å². The van der Waals surface area contributed by atoms with Crippen molar-refractivity contribution in [2.24, 2.45) is 0 Å². The van der Waals surface area contributed by atoms with Gasteiger partial charge in [-0.3, -0.25) is 29.1 Å². The zero-order valence-corrected chi connectivity index (χ0v) is 39.5. The molecule has 4 aromatic rings. The van der Waals surface area contributed by atoms with Crippen LogP contribution in [-0.2, 0) is 74.2 Å². The monoisotopic (exact) mass is 942 g/mol. The Kier molecular flexibility index (Phi) is 20.9. The molecule has 0 saturated carbocycles. The first-order valence-corrected chi connectivity index (χ1v) is 21.9. The summed E-state index contributed by atoms with van der Waals surface area (Å²) < 4.78 is 21.0. The maximum absolute atomic E-state index is 12.9. The van der Waals surface area contributed by atoms with Gasteiger partial charge in [-0.2, -0.15) is 0 Å². The Bertz CT molecular complexity index is 2100. The number of ether oxygens (including phenoxy) is 4. The van der Waals surface area contributed by atoms with Crippen LogP contribution in [0.15, 0.2) is 109 Å². The molecular formula is C50H62N4O14. The molecule has 2 N–H and O–H groups in total. The predicted molar refractivity (Wildman–Crippen MR) is 247 cm³/mol. The van der Waals surface area contributed by atoms with Crippen molar-refractivity contribution in [1.29, 1.82) is 0 Å². The Morgan fingerprint density at radius 2 is 0.809 bits per heavy atom. The molecule has 2 saturated heterocycles. The van der Waals surface area contributed by atoms with E-state index < -0.39 is 35.0 Å². The number of carboxylic acid groups (broad SMARTS) is 2. The number of piperidine rings is 2. The molecule has 6 rings (SSSR count). The summed E-state index contributed by atoms with van der Waals surface area (Å²) in [6.07, 6.45) is 1.71. The van der Waals surface area contributed by atoms with Crippen molar-refractivity contribution in [3.63, 3.8) is 0 Å². The van der Waals surface area contributed by atoms with Gasteiger partial charge in [0.2, 0.25) is 11.8 Å². The van der Waals surface area contributed by atoms with Gasteiger partial charge in [0, 0.05) is 64.2 Å². The number of hydrogen-bond donors (Lipinski definition) is 2. The highest BCUT2D eigenvalue weighted by Gasteiger charge is 2.51. The third kappa shape index (κ3) is 14.6. The van der Waals surface area contributed by atoms with E-state index in [1.54, 1.807) is 14.2 Å². The number of nitrogens with zero attached hydrogens (tertiary/aromatic N) is 4. The van der Waals surface area contributed by atoms with Crippen LogP contribution in [0.5, 0.6) is 11.5 Å². The highest BCUT2D eigenvalue weighted by Crippen LogP contribution is 2.35. The minimum atomic E-state index is -1.82. The number of rotatable bonds is 16. The second kappa shape index (κ2) is 26.5. The number of aliphatic carboxylic acids is 2. The fourth-order valence-corrected chi connectivity index (χ4v) is 8.15. The molecule has 0 aliphatic carbocycles. The number of carbonyl (C=O) groups is 6. The molecule has 68 heavy (non-hydrogen) atoms. The third-order valence-corrected chi connectivity index (χ3v) is 11.6. The molecule has 2 aliphatic heterocycles. The Morgan fingerprint density at radius 1 is 0.500 bits per heavy atom. The molecule has 4 aromatic carbocycles. The maximum atomic E-state index is 12.9. The van der Waals surface area contributed by atoms with Crippen molar-refractivity contribution in [2.45, 2.75) is 76.9 Å². The van der Waals surface area contributed by atoms with Crippen LogP contribution in [-0.4, -0.2) is 132 Å². The zero-order valence-electron chi connectivity index (χ0n) is 39.5. The lowest BCUT2D eigenvalue weighted by Crippen LogP contribution is -2.61. The topological polar surface area (TPSA) is 211 Å². The van der Waals surface area contributed by atoms with Crippen LogP contribution in [0.1, 0.15) is 61.8 Å². The largest absolute Gasteiger partial charge is 0.496 e. The summed E-state index contributed by atoms with van der Waals surface area (Å²) in [7, 11) is 5.86. The number of carbonyl (C=O) groups excluding carboxylic acids is 4. The van der Waals surface area contributed by atoms with E-state index in [1.165, 1.54) is 49.3 Å². The van der Waals surface area contributed by atoms with Crippen molar-refractivity contribution < 1.29 is 67.6 Å². The standard InChI is InChI=1S/2C24H30N2O5.C2H2O4/c2*1-19(27)26(31-18-21-11-7-8-12-22(21)29-2)24(23(28)30-3)13-15-25(16-14-24)17-20-9-5-4-6-10-20;3-1(4)2(5)6/h2*4-12H,13-18H2,1-3H3;(H,3,4)(H,5,6). The van der Waals surface area contributed by atoms with Crippen LogP contribution >= 0.6 is 0 Å². The summed E-state index contributed by atoms with van der Waals surface area (Å²) in [5.74, 6) is -3.91. The van der Waals surface area contributed by atoms with Gasteiger partial charge in [-0.15, -0.1) is 0 Å².